The van der Waals surface area contributed by atoms with Crippen LogP contribution in [0, 0.1) is 0 Å². The highest BCUT2D eigenvalue weighted by atomic mass is 16.7. The van der Waals surface area contributed by atoms with Crippen molar-refractivity contribution in [1.82, 2.24) is 10.1 Å². The second-order valence-electron chi connectivity index (χ2n) is 7.31. The van der Waals surface area contributed by atoms with E-state index in [1.165, 1.54) is 21.3 Å². The lowest BCUT2D eigenvalue weighted by atomic mass is 10.1. The zero-order valence-corrected chi connectivity index (χ0v) is 17.8. The molecule has 10 nitrogen and oxygen atoms in total. The lowest BCUT2D eigenvalue weighted by Crippen LogP contribution is -2.24. The quantitative estimate of drug-likeness (QED) is 0.573. The van der Waals surface area contributed by atoms with E-state index in [1.54, 1.807) is 29.2 Å². The first-order chi connectivity index (χ1) is 15.6. The van der Waals surface area contributed by atoms with Crippen LogP contribution in [0.5, 0.6) is 28.7 Å². The number of carbonyl (C=O) groups is 1. The number of rotatable bonds is 6. The van der Waals surface area contributed by atoms with Crippen molar-refractivity contribution in [3.8, 4) is 40.1 Å². The summed E-state index contributed by atoms with van der Waals surface area (Å²) in [5.41, 5.74) is 1.39. The summed E-state index contributed by atoms with van der Waals surface area (Å²) in [7, 11) is 4.62. The number of methoxy groups -OCH3 is 3. The number of amides is 1. The Balaban J connectivity index is 1.39. The van der Waals surface area contributed by atoms with Crippen LogP contribution >= 0.6 is 0 Å². The van der Waals surface area contributed by atoms with E-state index >= 15 is 0 Å². The fraction of sp³-hybridized carbons (Fsp3) is 0.318. The Hall–Kier alpha value is -3.95. The molecule has 3 heterocycles. The standard InChI is InChI=1S/C22H21N3O7/c1-27-17-6-12(7-18(28-2)20(17)29-3)21-23-22(32-24-21)13-8-19(26)25(10-13)14-4-5-15-16(9-14)31-11-30-15/h4-7,9,13H,8,10-11H2,1-3H3/t13-/m0/s1. The molecule has 0 N–H and O–H groups in total. The van der Waals surface area contributed by atoms with Gasteiger partial charge >= 0.3 is 0 Å². The Morgan fingerprint density at radius 3 is 2.47 bits per heavy atom. The maximum Gasteiger partial charge on any atom is 0.232 e. The van der Waals surface area contributed by atoms with Gasteiger partial charge in [0.05, 0.1) is 27.2 Å². The molecule has 2 aliphatic heterocycles. The molecule has 0 radical (unpaired) electrons. The van der Waals surface area contributed by atoms with E-state index < -0.39 is 0 Å². The molecular formula is C22H21N3O7. The molecule has 10 heteroatoms. The number of fused-ring (bicyclic) bond motifs is 1. The van der Waals surface area contributed by atoms with Crippen molar-refractivity contribution in [2.75, 3.05) is 39.6 Å². The van der Waals surface area contributed by atoms with Gasteiger partial charge in [0.2, 0.25) is 30.2 Å². The van der Waals surface area contributed by atoms with E-state index in [9.17, 15) is 4.79 Å². The molecule has 0 spiro atoms. The molecule has 1 aromatic heterocycles. The lowest BCUT2D eigenvalue weighted by molar-refractivity contribution is -0.117. The molecule has 2 aliphatic rings. The molecule has 2 aromatic carbocycles. The number of hydrogen-bond donors (Lipinski definition) is 0. The van der Waals surface area contributed by atoms with Gasteiger partial charge in [-0.25, -0.2) is 0 Å². The molecule has 1 amide bonds. The van der Waals surface area contributed by atoms with Crippen molar-refractivity contribution in [3.63, 3.8) is 0 Å². The third-order valence-corrected chi connectivity index (χ3v) is 5.51. The Morgan fingerprint density at radius 2 is 1.75 bits per heavy atom. The number of carbonyl (C=O) groups excluding carboxylic acids is 1. The van der Waals surface area contributed by atoms with Gasteiger partial charge in [0.25, 0.3) is 0 Å². The zero-order chi connectivity index (χ0) is 22.2. The molecule has 0 unspecified atom stereocenters. The number of benzene rings is 2. The normalized spacial score (nSPS) is 17.0. The van der Waals surface area contributed by atoms with Crippen molar-refractivity contribution < 1.29 is 33.0 Å². The van der Waals surface area contributed by atoms with Gasteiger partial charge in [0, 0.05) is 30.3 Å². The average Bonchev–Trinajstić information content (AvgIpc) is 3.56. The Labute approximate surface area is 183 Å². The van der Waals surface area contributed by atoms with E-state index in [0.717, 1.165) is 5.69 Å². The average molecular weight is 439 g/mol. The number of hydrogen-bond acceptors (Lipinski definition) is 9. The minimum absolute atomic E-state index is 0.0265. The van der Waals surface area contributed by atoms with Gasteiger partial charge in [-0.15, -0.1) is 0 Å². The number of nitrogens with zero attached hydrogens (tertiary/aromatic N) is 3. The number of anilines is 1. The predicted octanol–water partition coefficient (Wildman–Crippen LogP) is 3.01. The highest BCUT2D eigenvalue weighted by Gasteiger charge is 2.36. The van der Waals surface area contributed by atoms with Gasteiger partial charge in [0.15, 0.2) is 23.0 Å². The largest absolute Gasteiger partial charge is 0.493 e. The van der Waals surface area contributed by atoms with Gasteiger partial charge < -0.3 is 33.1 Å². The van der Waals surface area contributed by atoms with Gasteiger partial charge in [-0.2, -0.15) is 4.98 Å². The molecular weight excluding hydrogens is 418 g/mol. The van der Waals surface area contributed by atoms with Crippen LogP contribution < -0.4 is 28.6 Å². The minimum Gasteiger partial charge on any atom is -0.493 e. The van der Waals surface area contributed by atoms with Crippen molar-refractivity contribution in [1.29, 1.82) is 0 Å². The fourth-order valence-corrected chi connectivity index (χ4v) is 3.90. The predicted molar refractivity (Wildman–Crippen MR) is 112 cm³/mol. The van der Waals surface area contributed by atoms with Crippen molar-refractivity contribution in [2.45, 2.75) is 12.3 Å². The van der Waals surface area contributed by atoms with Crippen molar-refractivity contribution in [2.24, 2.45) is 0 Å². The number of ether oxygens (including phenoxy) is 5. The first-order valence-electron chi connectivity index (χ1n) is 9.95. The fourth-order valence-electron chi connectivity index (χ4n) is 3.90. The third kappa shape index (κ3) is 3.33. The van der Waals surface area contributed by atoms with Crippen LogP contribution in [0.25, 0.3) is 11.4 Å². The van der Waals surface area contributed by atoms with Gasteiger partial charge in [-0.1, -0.05) is 5.16 Å². The summed E-state index contributed by atoms with van der Waals surface area (Å²) in [5, 5.41) is 4.10. The Bertz CT molecular complexity index is 1150. The molecule has 5 rings (SSSR count). The summed E-state index contributed by atoms with van der Waals surface area (Å²) >= 11 is 0. The summed E-state index contributed by atoms with van der Waals surface area (Å²) in [5.74, 6) is 3.25. The smallest absolute Gasteiger partial charge is 0.232 e. The maximum atomic E-state index is 12.7. The maximum absolute atomic E-state index is 12.7. The Morgan fingerprint density at radius 1 is 1.00 bits per heavy atom. The molecule has 0 aliphatic carbocycles. The van der Waals surface area contributed by atoms with E-state index in [2.05, 4.69) is 10.1 Å². The van der Waals surface area contributed by atoms with Crippen LogP contribution in [0.15, 0.2) is 34.9 Å². The summed E-state index contributed by atoms with van der Waals surface area (Å²) in [6.45, 7) is 0.608. The second kappa shape index (κ2) is 7.95. The molecule has 0 bridgehead atoms. The van der Waals surface area contributed by atoms with Crippen LogP contribution in [0.3, 0.4) is 0 Å². The van der Waals surface area contributed by atoms with Crippen LogP contribution in [0.1, 0.15) is 18.2 Å². The van der Waals surface area contributed by atoms with Gasteiger partial charge in [-0.3, -0.25) is 4.79 Å². The molecule has 0 saturated carbocycles. The van der Waals surface area contributed by atoms with E-state index in [4.69, 9.17) is 28.2 Å². The van der Waals surface area contributed by atoms with Crippen LogP contribution in [-0.2, 0) is 4.79 Å². The molecule has 166 valence electrons. The van der Waals surface area contributed by atoms with Crippen molar-refractivity contribution >= 4 is 11.6 Å². The summed E-state index contributed by atoms with van der Waals surface area (Å²) in [6, 6.07) is 8.93. The van der Waals surface area contributed by atoms with Crippen molar-refractivity contribution in [3.05, 3.63) is 36.2 Å². The second-order valence-corrected chi connectivity index (χ2v) is 7.31. The monoisotopic (exact) mass is 439 g/mol. The van der Waals surface area contributed by atoms with Crippen LogP contribution in [0.4, 0.5) is 5.69 Å². The molecule has 1 fully saturated rings. The molecule has 32 heavy (non-hydrogen) atoms. The third-order valence-electron chi connectivity index (χ3n) is 5.51. The summed E-state index contributed by atoms with van der Waals surface area (Å²) < 4.78 is 32.4. The topological polar surface area (TPSA) is 105 Å². The molecule has 1 saturated heterocycles. The lowest BCUT2D eigenvalue weighted by Gasteiger charge is -2.16. The van der Waals surface area contributed by atoms with E-state index in [-0.39, 0.29) is 25.0 Å². The van der Waals surface area contributed by atoms with Crippen LogP contribution in [0.2, 0.25) is 0 Å². The van der Waals surface area contributed by atoms with Gasteiger partial charge in [0.1, 0.15) is 0 Å². The minimum atomic E-state index is -0.226. The zero-order valence-electron chi connectivity index (χ0n) is 17.8. The number of aromatic nitrogens is 2. The first-order valence-corrected chi connectivity index (χ1v) is 9.95. The highest BCUT2D eigenvalue weighted by molar-refractivity contribution is 5.96. The SMILES string of the molecule is COc1cc(-c2noc([C@H]3CC(=O)N(c4ccc5c(c4)OCO5)C3)n2)cc(OC)c1OC. The first kappa shape index (κ1) is 20.0. The van der Waals surface area contributed by atoms with Crippen LogP contribution in [-0.4, -0.2) is 50.7 Å². The highest BCUT2D eigenvalue weighted by Crippen LogP contribution is 2.42. The molecule has 1 atom stereocenters. The Kier molecular flexibility index (Phi) is 4.96. The summed E-state index contributed by atoms with van der Waals surface area (Å²) in [4.78, 5) is 18.9. The van der Waals surface area contributed by atoms with E-state index in [1.807, 2.05) is 6.07 Å². The van der Waals surface area contributed by atoms with Gasteiger partial charge in [-0.05, 0) is 24.3 Å². The van der Waals surface area contributed by atoms with E-state index in [0.29, 0.717) is 52.6 Å². The molecule has 3 aromatic rings. The summed E-state index contributed by atoms with van der Waals surface area (Å²) in [6.07, 6.45) is 0.269.